The van der Waals surface area contributed by atoms with Crippen LogP contribution in [0.15, 0.2) is 47.3 Å². The molecule has 8 nitrogen and oxygen atoms in total. The smallest absolute Gasteiger partial charge is 0.328 e. The van der Waals surface area contributed by atoms with Gasteiger partial charge in [0, 0.05) is 45.8 Å². The molecule has 0 radical (unpaired) electrons. The minimum atomic E-state index is -0.0286. The fourth-order valence-electron chi connectivity index (χ4n) is 4.73. The minimum absolute atomic E-state index is 0.0286. The summed E-state index contributed by atoms with van der Waals surface area (Å²) < 4.78 is 8.84. The predicted molar refractivity (Wildman–Crippen MR) is 136 cm³/mol. The number of hydrogen-bond acceptors (Lipinski definition) is 5. The fourth-order valence-corrected chi connectivity index (χ4v) is 4.73. The molecule has 0 atom stereocenters. The van der Waals surface area contributed by atoms with Crippen LogP contribution < -0.4 is 11.0 Å². The number of anilines is 1. The van der Waals surface area contributed by atoms with Crippen molar-refractivity contribution in [2.45, 2.75) is 13.3 Å². The molecule has 0 saturated carbocycles. The Labute approximate surface area is 199 Å². The molecule has 1 saturated heterocycles. The van der Waals surface area contributed by atoms with Crippen LogP contribution in [0.5, 0.6) is 0 Å². The van der Waals surface area contributed by atoms with Crippen LogP contribution >= 0.6 is 0 Å². The standard InChI is InChI=1S/C26H32N6O2/c1-4-18-6-5-7-20(16-18)24-23(19-8-9-21-22(17-19)31(3)26(33)30(21)2)25(29-28-24)27-10-11-32-12-14-34-15-13-32/h5-9,16-17H,4,10-15H2,1-3H3,(H2,27,28,29). The van der Waals surface area contributed by atoms with Crippen molar-refractivity contribution in [3.63, 3.8) is 0 Å². The number of aryl methyl sites for hydroxylation is 3. The molecule has 5 rings (SSSR count). The average Bonchev–Trinajstić information content (AvgIpc) is 3.39. The van der Waals surface area contributed by atoms with E-state index in [1.807, 2.05) is 20.2 Å². The van der Waals surface area contributed by atoms with Gasteiger partial charge in [-0.3, -0.25) is 19.1 Å². The van der Waals surface area contributed by atoms with Crippen LogP contribution in [0.25, 0.3) is 33.4 Å². The van der Waals surface area contributed by atoms with E-state index in [0.717, 1.165) is 85.0 Å². The number of aromatic amines is 1. The minimum Gasteiger partial charge on any atom is -0.379 e. The van der Waals surface area contributed by atoms with Crippen LogP contribution in [0, 0.1) is 0 Å². The molecular formula is C26H32N6O2. The zero-order valence-corrected chi connectivity index (χ0v) is 20.1. The summed E-state index contributed by atoms with van der Waals surface area (Å²) in [6.45, 7) is 7.39. The number of fused-ring (bicyclic) bond motifs is 1. The highest BCUT2D eigenvalue weighted by Gasteiger charge is 2.19. The molecule has 34 heavy (non-hydrogen) atoms. The Morgan fingerprint density at radius 3 is 2.62 bits per heavy atom. The Kier molecular flexibility index (Phi) is 6.26. The number of imidazole rings is 1. The third-order valence-corrected chi connectivity index (χ3v) is 6.78. The van der Waals surface area contributed by atoms with E-state index < -0.39 is 0 Å². The van der Waals surface area contributed by atoms with Crippen molar-refractivity contribution in [2.75, 3.05) is 44.7 Å². The normalized spacial score (nSPS) is 14.7. The molecule has 8 heteroatoms. The zero-order valence-electron chi connectivity index (χ0n) is 20.1. The fraction of sp³-hybridized carbons (Fsp3) is 0.385. The molecule has 1 aliphatic heterocycles. The van der Waals surface area contributed by atoms with E-state index >= 15 is 0 Å². The van der Waals surface area contributed by atoms with Gasteiger partial charge in [0.05, 0.1) is 35.5 Å². The second kappa shape index (κ2) is 9.48. The summed E-state index contributed by atoms with van der Waals surface area (Å²) in [7, 11) is 3.62. The zero-order chi connectivity index (χ0) is 23.7. The lowest BCUT2D eigenvalue weighted by Gasteiger charge is -2.26. The quantitative estimate of drug-likeness (QED) is 0.443. The van der Waals surface area contributed by atoms with Crippen molar-refractivity contribution >= 4 is 16.9 Å². The largest absolute Gasteiger partial charge is 0.379 e. The molecule has 2 aromatic carbocycles. The Morgan fingerprint density at radius 2 is 1.82 bits per heavy atom. The summed E-state index contributed by atoms with van der Waals surface area (Å²) in [6.07, 6.45) is 0.972. The van der Waals surface area contributed by atoms with Crippen molar-refractivity contribution in [1.29, 1.82) is 0 Å². The first-order valence-corrected chi connectivity index (χ1v) is 11.9. The van der Waals surface area contributed by atoms with Crippen LogP contribution in [-0.2, 0) is 25.3 Å². The van der Waals surface area contributed by atoms with E-state index in [9.17, 15) is 4.79 Å². The molecule has 1 aliphatic rings. The van der Waals surface area contributed by atoms with Crippen molar-refractivity contribution in [3.8, 4) is 22.4 Å². The lowest BCUT2D eigenvalue weighted by molar-refractivity contribution is 0.0398. The molecule has 178 valence electrons. The first-order chi connectivity index (χ1) is 16.6. The Morgan fingerprint density at radius 1 is 1.03 bits per heavy atom. The molecular weight excluding hydrogens is 428 g/mol. The second-order valence-electron chi connectivity index (χ2n) is 8.86. The lowest BCUT2D eigenvalue weighted by Crippen LogP contribution is -2.39. The number of morpholine rings is 1. The van der Waals surface area contributed by atoms with Crippen LogP contribution in [0.2, 0.25) is 0 Å². The van der Waals surface area contributed by atoms with Crippen molar-refractivity contribution < 1.29 is 4.74 Å². The average molecular weight is 461 g/mol. The van der Waals surface area contributed by atoms with E-state index in [0.29, 0.717) is 0 Å². The van der Waals surface area contributed by atoms with Gasteiger partial charge < -0.3 is 10.1 Å². The summed E-state index contributed by atoms with van der Waals surface area (Å²) in [4.78, 5) is 14.9. The first kappa shape index (κ1) is 22.4. The van der Waals surface area contributed by atoms with Gasteiger partial charge in [0.15, 0.2) is 5.82 Å². The van der Waals surface area contributed by atoms with Crippen molar-refractivity contribution in [1.82, 2.24) is 24.2 Å². The van der Waals surface area contributed by atoms with Gasteiger partial charge in [-0.25, -0.2) is 4.79 Å². The number of nitrogens with zero attached hydrogens (tertiary/aromatic N) is 4. The summed E-state index contributed by atoms with van der Waals surface area (Å²) in [5.74, 6) is 0.824. The molecule has 0 spiro atoms. The van der Waals surface area contributed by atoms with E-state index in [1.54, 1.807) is 9.13 Å². The highest BCUT2D eigenvalue weighted by Crippen LogP contribution is 2.37. The maximum atomic E-state index is 12.5. The topological polar surface area (TPSA) is 80.1 Å². The van der Waals surface area contributed by atoms with Gasteiger partial charge in [-0.2, -0.15) is 5.10 Å². The highest BCUT2D eigenvalue weighted by molar-refractivity contribution is 5.92. The predicted octanol–water partition coefficient (Wildman–Crippen LogP) is 3.24. The molecule has 2 aromatic heterocycles. The Bertz CT molecular complexity index is 1360. The van der Waals surface area contributed by atoms with E-state index in [4.69, 9.17) is 4.74 Å². The first-order valence-electron chi connectivity index (χ1n) is 11.9. The van der Waals surface area contributed by atoms with Gasteiger partial charge in [-0.05, 0) is 35.7 Å². The molecule has 0 bridgehead atoms. The van der Waals surface area contributed by atoms with Gasteiger partial charge in [-0.1, -0.05) is 31.2 Å². The maximum absolute atomic E-state index is 12.5. The molecule has 2 N–H and O–H groups in total. The van der Waals surface area contributed by atoms with Gasteiger partial charge >= 0.3 is 5.69 Å². The van der Waals surface area contributed by atoms with Gasteiger partial charge in [0.2, 0.25) is 0 Å². The Balaban J connectivity index is 1.55. The number of rotatable bonds is 7. The number of aromatic nitrogens is 4. The molecule has 4 aromatic rings. The number of ether oxygens (including phenoxy) is 1. The molecule has 1 fully saturated rings. The molecule has 0 aliphatic carbocycles. The number of hydrogen-bond donors (Lipinski definition) is 2. The number of benzene rings is 2. The lowest BCUT2D eigenvalue weighted by atomic mass is 9.98. The highest BCUT2D eigenvalue weighted by atomic mass is 16.5. The van der Waals surface area contributed by atoms with Crippen LogP contribution in [-0.4, -0.2) is 63.6 Å². The van der Waals surface area contributed by atoms with E-state index in [2.05, 4.69) is 63.7 Å². The van der Waals surface area contributed by atoms with Gasteiger partial charge in [0.1, 0.15) is 0 Å². The summed E-state index contributed by atoms with van der Waals surface area (Å²) in [5, 5.41) is 11.5. The number of nitrogens with one attached hydrogen (secondary N) is 2. The SMILES string of the molecule is CCc1cccc(-c2[nH]nc(NCCN3CCOCC3)c2-c2ccc3c(c2)n(C)c(=O)n3C)c1. The van der Waals surface area contributed by atoms with Crippen molar-refractivity contribution in [2.24, 2.45) is 14.1 Å². The third kappa shape index (κ3) is 4.15. The molecule has 3 heterocycles. The van der Waals surface area contributed by atoms with Crippen molar-refractivity contribution in [3.05, 3.63) is 58.5 Å². The molecule has 0 amide bonds. The van der Waals surface area contributed by atoms with Gasteiger partial charge in [0.25, 0.3) is 0 Å². The third-order valence-electron chi connectivity index (χ3n) is 6.78. The van der Waals surface area contributed by atoms with Crippen LogP contribution in [0.1, 0.15) is 12.5 Å². The van der Waals surface area contributed by atoms with Crippen LogP contribution in [0.4, 0.5) is 5.82 Å². The summed E-state index contributed by atoms with van der Waals surface area (Å²) in [5.41, 5.74) is 7.19. The number of H-pyrrole nitrogens is 1. The maximum Gasteiger partial charge on any atom is 0.328 e. The second-order valence-corrected chi connectivity index (χ2v) is 8.86. The van der Waals surface area contributed by atoms with Gasteiger partial charge in [-0.15, -0.1) is 0 Å². The monoisotopic (exact) mass is 460 g/mol. The van der Waals surface area contributed by atoms with E-state index in [-0.39, 0.29) is 5.69 Å². The molecule has 0 unspecified atom stereocenters. The Hall–Kier alpha value is -3.36. The summed E-state index contributed by atoms with van der Waals surface area (Å²) >= 11 is 0. The van der Waals surface area contributed by atoms with Crippen LogP contribution in [0.3, 0.4) is 0 Å². The van der Waals surface area contributed by atoms with E-state index in [1.165, 1.54) is 5.56 Å². The summed E-state index contributed by atoms with van der Waals surface area (Å²) in [6, 6.07) is 14.7.